The van der Waals surface area contributed by atoms with Gasteiger partial charge in [-0.1, -0.05) is 24.3 Å². The van der Waals surface area contributed by atoms with Crippen molar-refractivity contribution in [2.75, 3.05) is 13.2 Å². The van der Waals surface area contributed by atoms with Crippen LogP contribution in [0.5, 0.6) is 0 Å². The molecule has 1 N–H and O–H groups in total. The number of hydrogen-bond donors (Lipinski definition) is 1. The molecule has 0 spiro atoms. The van der Waals surface area contributed by atoms with Crippen molar-refractivity contribution in [1.82, 2.24) is 5.32 Å². The Bertz CT molecular complexity index is 345. The Kier molecular flexibility index (Phi) is 4.57. The summed E-state index contributed by atoms with van der Waals surface area (Å²) in [6.07, 6.45) is 4.10. The number of nitrogens with one attached hydrogen (secondary N) is 1. The van der Waals surface area contributed by atoms with Crippen molar-refractivity contribution >= 4 is 0 Å². The fourth-order valence-corrected chi connectivity index (χ4v) is 2.52. The van der Waals surface area contributed by atoms with E-state index < -0.39 is 0 Å². The maximum Gasteiger partial charge on any atom is 0.0588 e. The molecular formula is C15H23NO. The van der Waals surface area contributed by atoms with Gasteiger partial charge >= 0.3 is 0 Å². The van der Waals surface area contributed by atoms with Gasteiger partial charge < -0.3 is 10.1 Å². The van der Waals surface area contributed by atoms with E-state index in [1.807, 2.05) is 0 Å². The zero-order valence-corrected chi connectivity index (χ0v) is 10.9. The molecule has 0 aromatic heterocycles. The smallest absolute Gasteiger partial charge is 0.0588 e. The van der Waals surface area contributed by atoms with Crippen LogP contribution < -0.4 is 5.32 Å². The lowest BCUT2D eigenvalue weighted by Crippen LogP contribution is -2.23. The average Bonchev–Trinajstić information content (AvgIpc) is 2.82. The fourth-order valence-electron chi connectivity index (χ4n) is 2.52. The minimum Gasteiger partial charge on any atom is -0.378 e. The average molecular weight is 233 g/mol. The number of benzene rings is 1. The van der Waals surface area contributed by atoms with Crippen molar-refractivity contribution in [1.29, 1.82) is 0 Å². The third-order valence-corrected chi connectivity index (χ3v) is 3.60. The van der Waals surface area contributed by atoms with Crippen LogP contribution in [-0.2, 0) is 4.74 Å². The first-order valence-electron chi connectivity index (χ1n) is 6.68. The van der Waals surface area contributed by atoms with Gasteiger partial charge in [-0.2, -0.15) is 0 Å². The number of ether oxygens (including phenoxy) is 1. The van der Waals surface area contributed by atoms with Gasteiger partial charge in [0.05, 0.1) is 6.10 Å². The molecule has 0 amide bonds. The molecule has 0 saturated carbocycles. The highest BCUT2D eigenvalue weighted by Gasteiger charge is 2.15. The summed E-state index contributed by atoms with van der Waals surface area (Å²) < 4.78 is 5.62. The van der Waals surface area contributed by atoms with Crippen molar-refractivity contribution in [3.63, 3.8) is 0 Å². The minimum atomic E-state index is 0.428. The Hall–Kier alpha value is -0.860. The van der Waals surface area contributed by atoms with Crippen LogP contribution in [0, 0.1) is 6.92 Å². The zero-order valence-electron chi connectivity index (χ0n) is 10.9. The van der Waals surface area contributed by atoms with Gasteiger partial charge in [-0.05, 0) is 50.8 Å². The number of rotatable bonds is 5. The monoisotopic (exact) mass is 233 g/mol. The van der Waals surface area contributed by atoms with E-state index in [1.165, 1.54) is 24.0 Å². The van der Waals surface area contributed by atoms with Crippen LogP contribution in [0.1, 0.15) is 43.4 Å². The van der Waals surface area contributed by atoms with Crippen molar-refractivity contribution in [3.8, 4) is 0 Å². The fraction of sp³-hybridized carbons (Fsp3) is 0.600. The molecule has 0 radical (unpaired) electrons. The summed E-state index contributed by atoms with van der Waals surface area (Å²) in [5.74, 6) is 0. The van der Waals surface area contributed by atoms with E-state index in [-0.39, 0.29) is 0 Å². The molecule has 1 aromatic rings. The van der Waals surface area contributed by atoms with E-state index in [0.29, 0.717) is 12.1 Å². The highest BCUT2D eigenvalue weighted by molar-refractivity contribution is 5.28. The Morgan fingerprint density at radius 3 is 2.94 bits per heavy atom. The molecule has 1 unspecified atom stereocenters. The summed E-state index contributed by atoms with van der Waals surface area (Å²) in [6.45, 7) is 6.41. The summed E-state index contributed by atoms with van der Waals surface area (Å²) in [5, 5.41) is 3.59. The van der Waals surface area contributed by atoms with Crippen LogP contribution in [0.3, 0.4) is 0 Å². The third kappa shape index (κ3) is 3.55. The summed E-state index contributed by atoms with van der Waals surface area (Å²) in [4.78, 5) is 0. The van der Waals surface area contributed by atoms with E-state index >= 15 is 0 Å². The highest BCUT2D eigenvalue weighted by Crippen LogP contribution is 2.18. The Morgan fingerprint density at radius 1 is 1.41 bits per heavy atom. The first-order chi connectivity index (χ1) is 8.27. The molecule has 1 fully saturated rings. The lowest BCUT2D eigenvalue weighted by molar-refractivity contribution is 0.103. The second-order valence-corrected chi connectivity index (χ2v) is 4.96. The predicted octanol–water partition coefficient (Wildman–Crippen LogP) is 3.21. The molecule has 2 nitrogen and oxygen atoms in total. The lowest BCUT2D eigenvalue weighted by Gasteiger charge is -2.17. The normalized spacial score (nSPS) is 21.6. The summed E-state index contributed by atoms with van der Waals surface area (Å²) >= 11 is 0. The number of hydrogen-bond acceptors (Lipinski definition) is 2. The molecule has 2 atom stereocenters. The molecule has 2 heteroatoms. The molecule has 1 aliphatic heterocycles. The lowest BCUT2D eigenvalue weighted by atomic mass is 10.0. The predicted molar refractivity (Wildman–Crippen MR) is 71.2 cm³/mol. The van der Waals surface area contributed by atoms with Gasteiger partial charge in [0.15, 0.2) is 0 Å². The SMILES string of the molecule is Cc1ccccc1[C@H](C)NCCC1CCCO1. The van der Waals surface area contributed by atoms with E-state index in [4.69, 9.17) is 4.74 Å². The molecule has 0 bridgehead atoms. The van der Waals surface area contributed by atoms with Gasteiger partial charge in [-0.3, -0.25) is 0 Å². The zero-order chi connectivity index (χ0) is 12.1. The van der Waals surface area contributed by atoms with Gasteiger partial charge in [-0.25, -0.2) is 0 Å². The van der Waals surface area contributed by atoms with Gasteiger partial charge in [0.2, 0.25) is 0 Å². The summed E-state index contributed by atoms with van der Waals surface area (Å²) in [6, 6.07) is 9.02. The Morgan fingerprint density at radius 2 is 2.24 bits per heavy atom. The molecule has 94 valence electrons. The van der Waals surface area contributed by atoms with Crippen molar-refractivity contribution in [3.05, 3.63) is 35.4 Å². The maximum atomic E-state index is 5.62. The second-order valence-electron chi connectivity index (χ2n) is 4.96. The topological polar surface area (TPSA) is 21.3 Å². The molecule has 2 rings (SSSR count). The van der Waals surface area contributed by atoms with Gasteiger partial charge in [0, 0.05) is 12.6 Å². The van der Waals surface area contributed by atoms with Crippen LogP contribution in [0.25, 0.3) is 0 Å². The van der Waals surface area contributed by atoms with E-state index in [1.54, 1.807) is 0 Å². The largest absolute Gasteiger partial charge is 0.378 e. The molecule has 0 aliphatic carbocycles. The minimum absolute atomic E-state index is 0.428. The summed E-state index contributed by atoms with van der Waals surface area (Å²) in [7, 11) is 0. The highest BCUT2D eigenvalue weighted by atomic mass is 16.5. The molecule has 1 aromatic carbocycles. The first-order valence-corrected chi connectivity index (χ1v) is 6.68. The maximum absolute atomic E-state index is 5.62. The molecule has 1 saturated heterocycles. The Balaban J connectivity index is 1.77. The third-order valence-electron chi connectivity index (χ3n) is 3.60. The molecule has 1 aliphatic rings. The van der Waals surface area contributed by atoms with Gasteiger partial charge in [0.25, 0.3) is 0 Å². The van der Waals surface area contributed by atoms with E-state index in [2.05, 4.69) is 43.4 Å². The first kappa shape index (κ1) is 12.6. The molecular weight excluding hydrogens is 210 g/mol. The van der Waals surface area contributed by atoms with E-state index in [0.717, 1.165) is 19.6 Å². The van der Waals surface area contributed by atoms with Crippen LogP contribution in [0.15, 0.2) is 24.3 Å². The van der Waals surface area contributed by atoms with Crippen molar-refractivity contribution in [2.24, 2.45) is 0 Å². The van der Waals surface area contributed by atoms with Crippen molar-refractivity contribution < 1.29 is 4.74 Å². The second kappa shape index (κ2) is 6.18. The van der Waals surface area contributed by atoms with Crippen LogP contribution >= 0.6 is 0 Å². The molecule has 17 heavy (non-hydrogen) atoms. The van der Waals surface area contributed by atoms with Gasteiger partial charge in [0.1, 0.15) is 0 Å². The van der Waals surface area contributed by atoms with Crippen LogP contribution in [0.2, 0.25) is 0 Å². The van der Waals surface area contributed by atoms with Crippen LogP contribution in [0.4, 0.5) is 0 Å². The summed E-state index contributed by atoms with van der Waals surface area (Å²) in [5.41, 5.74) is 2.77. The quantitative estimate of drug-likeness (QED) is 0.843. The van der Waals surface area contributed by atoms with Crippen LogP contribution in [-0.4, -0.2) is 19.3 Å². The van der Waals surface area contributed by atoms with E-state index in [9.17, 15) is 0 Å². The number of aryl methyl sites for hydroxylation is 1. The standard InChI is InChI=1S/C15H23NO/c1-12-6-3-4-8-15(12)13(2)16-10-9-14-7-5-11-17-14/h3-4,6,8,13-14,16H,5,7,9-11H2,1-2H3/t13-,14?/m0/s1. The molecule has 1 heterocycles. The Labute approximate surface area is 104 Å². The van der Waals surface area contributed by atoms with Crippen molar-refractivity contribution in [2.45, 2.75) is 45.3 Å². The van der Waals surface area contributed by atoms with Gasteiger partial charge in [-0.15, -0.1) is 0 Å².